The Kier molecular flexibility index (Phi) is 8.56. The number of hydrogen-bond acceptors (Lipinski definition) is 6. The van der Waals surface area contributed by atoms with Crippen molar-refractivity contribution in [3.8, 4) is 23.2 Å². The Morgan fingerprint density at radius 2 is 1.91 bits per heavy atom. The standard InChI is InChI=1S/C24H26F3N3O5/c1-3-34-23-17(15-30(29-23)21-14-18(10-11-28-21)24(25,26)27)5-4-12-35-19-8-6-16(7-9-22(31)32)13-20(19)33-2/h6,8,10-11,13-15H,3-5,7,9,12H2,1-2H3,(H,31,32). The van der Waals surface area contributed by atoms with Crippen LogP contribution in [-0.2, 0) is 23.8 Å². The van der Waals surface area contributed by atoms with Gasteiger partial charge in [-0.2, -0.15) is 13.2 Å². The first-order valence-electron chi connectivity index (χ1n) is 11.0. The number of aromatic nitrogens is 3. The molecule has 0 fully saturated rings. The van der Waals surface area contributed by atoms with Gasteiger partial charge in [-0.1, -0.05) is 6.07 Å². The molecule has 0 aliphatic heterocycles. The zero-order valence-electron chi connectivity index (χ0n) is 19.3. The molecular weight excluding hydrogens is 467 g/mol. The van der Waals surface area contributed by atoms with E-state index in [1.54, 1.807) is 31.3 Å². The number of nitrogens with zero attached hydrogens (tertiary/aromatic N) is 3. The van der Waals surface area contributed by atoms with Crippen molar-refractivity contribution >= 4 is 5.97 Å². The van der Waals surface area contributed by atoms with Gasteiger partial charge in [-0.25, -0.2) is 9.67 Å². The normalized spacial score (nSPS) is 11.3. The van der Waals surface area contributed by atoms with E-state index >= 15 is 0 Å². The summed E-state index contributed by atoms with van der Waals surface area (Å²) in [6.07, 6.45) is -0.298. The summed E-state index contributed by atoms with van der Waals surface area (Å²) in [6, 6.07) is 7.11. The number of hydrogen-bond donors (Lipinski definition) is 1. The second-order valence-electron chi connectivity index (χ2n) is 7.57. The molecule has 0 spiro atoms. The van der Waals surface area contributed by atoms with Crippen LogP contribution in [0.15, 0.2) is 42.7 Å². The molecule has 0 atom stereocenters. The molecule has 2 heterocycles. The minimum absolute atomic E-state index is 0.0230. The molecule has 2 aromatic heterocycles. The van der Waals surface area contributed by atoms with E-state index in [4.69, 9.17) is 19.3 Å². The Labute approximate surface area is 200 Å². The van der Waals surface area contributed by atoms with E-state index in [-0.39, 0.29) is 12.2 Å². The summed E-state index contributed by atoms with van der Waals surface area (Å²) < 4.78 is 57.2. The molecule has 0 saturated heterocycles. The smallest absolute Gasteiger partial charge is 0.416 e. The summed E-state index contributed by atoms with van der Waals surface area (Å²) in [4.78, 5) is 14.8. The molecular formula is C24H26F3N3O5. The lowest BCUT2D eigenvalue weighted by molar-refractivity contribution is -0.138. The van der Waals surface area contributed by atoms with Crippen molar-refractivity contribution in [3.05, 3.63) is 59.4 Å². The third kappa shape index (κ3) is 7.11. The summed E-state index contributed by atoms with van der Waals surface area (Å²) >= 11 is 0. The van der Waals surface area contributed by atoms with Crippen molar-refractivity contribution in [2.45, 2.75) is 38.8 Å². The molecule has 0 amide bonds. The van der Waals surface area contributed by atoms with Crippen LogP contribution in [0.2, 0.25) is 0 Å². The second-order valence-corrected chi connectivity index (χ2v) is 7.57. The molecule has 188 valence electrons. The quantitative estimate of drug-likeness (QED) is 0.365. The minimum atomic E-state index is -4.48. The van der Waals surface area contributed by atoms with Crippen LogP contribution in [-0.4, -0.2) is 46.2 Å². The van der Waals surface area contributed by atoms with Crippen LogP contribution in [0.3, 0.4) is 0 Å². The predicted octanol–water partition coefficient (Wildman–Crippen LogP) is 4.72. The van der Waals surface area contributed by atoms with Gasteiger partial charge in [0.25, 0.3) is 0 Å². The van der Waals surface area contributed by atoms with Crippen molar-refractivity contribution < 1.29 is 37.3 Å². The fourth-order valence-electron chi connectivity index (χ4n) is 3.34. The molecule has 3 rings (SSSR count). The number of methoxy groups -OCH3 is 1. The lowest BCUT2D eigenvalue weighted by atomic mass is 10.1. The lowest BCUT2D eigenvalue weighted by Gasteiger charge is -2.12. The average Bonchev–Trinajstić information content (AvgIpc) is 3.23. The van der Waals surface area contributed by atoms with Crippen LogP contribution in [0.5, 0.6) is 17.4 Å². The fraction of sp³-hybridized carbons (Fsp3) is 0.375. The number of aryl methyl sites for hydroxylation is 2. The van der Waals surface area contributed by atoms with Crippen molar-refractivity contribution in [2.24, 2.45) is 0 Å². The van der Waals surface area contributed by atoms with Crippen molar-refractivity contribution in [2.75, 3.05) is 20.3 Å². The van der Waals surface area contributed by atoms with Gasteiger partial charge in [-0.15, -0.1) is 5.10 Å². The highest BCUT2D eigenvalue weighted by molar-refractivity contribution is 5.67. The Balaban J connectivity index is 1.65. The lowest BCUT2D eigenvalue weighted by Crippen LogP contribution is -2.07. The van der Waals surface area contributed by atoms with Crippen molar-refractivity contribution in [1.82, 2.24) is 14.8 Å². The van der Waals surface area contributed by atoms with Gasteiger partial charge in [-0.05, 0) is 56.0 Å². The van der Waals surface area contributed by atoms with Crippen LogP contribution >= 0.6 is 0 Å². The number of carboxylic acids is 1. The second kappa shape index (κ2) is 11.6. The highest BCUT2D eigenvalue weighted by Gasteiger charge is 2.31. The molecule has 0 bridgehead atoms. The van der Waals surface area contributed by atoms with Gasteiger partial charge < -0.3 is 19.3 Å². The zero-order chi connectivity index (χ0) is 25.4. The molecule has 1 aromatic carbocycles. The number of halogens is 3. The number of carboxylic acid groups (broad SMARTS) is 1. The van der Waals surface area contributed by atoms with Crippen LogP contribution < -0.4 is 14.2 Å². The van der Waals surface area contributed by atoms with Crippen LogP contribution in [0.4, 0.5) is 13.2 Å². The van der Waals surface area contributed by atoms with Gasteiger partial charge in [-0.3, -0.25) is 4.79 Å². The van der Waals surface area contributed by atoms with Gasteiger partial charge in [0.15, 0.2) is 17.3 Å². The first-order valence-corrected chi connectivity index (χ1v) is 11.0. The van der Waals surface area contributed by atoms with Gasteiger partial charge in [0.1, 0.15) is 0 Å². The number of pyridine rings is 1. The molecule has 0 unspecified atom stereocenters. The van der Waals surface area contributed by atoms with Gasteiger partial charge in [0.2, 0.25) is 5.88 Å². The Morgan fingerprint density at radius 1 is 1.11 bits per heavy atom. The van der Waals surface area contributed by atoms with Crippen LogP contribution in [0, 0.1) is 0 Å². The monoisotopic (exact) mass is 493 g/mol. The number of alkyl halides is 3. The van der Waals surface area contributed by atoms with Gasteiger partial charge >= 0.3 is 12.1 Å². The average molecular weight is 493 g/mol. The summed E-state index contributed by atoms with van der Waals surface area (Å²) in [7, 11) is 1.51. The minimum Gasteiger partial charge on any atom is -0.493 e. The SMILES string of the molecule is CCOc1nn(-c2cc(C(F)(F)F)ccn2)cc1CCCOc1ccc(CCC(=O)O)cc1OC. The molecule has 0 saturated carbocycles. The third-order valence-corrected chi connectivity index (χ3v) is 5.04. The summed E-state index contributed by atoms with van der Waals surface area (Å²) in [6.45, 7) is 2.48. The van der Waals surface area contributed by atoms with Crippen LogP contribution in [0.25, 0.3) is 5.82 Å². The molecule has 1 N–H and O–H groups in total. The largest absolute Gasteiger partial charge is 0.493 e. The number of benzene rings is 1. The highest BCUT2D eigenvalue weighted by Crippen LogP contribution is 2.31. The molecule has 0 aliphatic rings. The van der Waals surface area contributed by atoms with E-state index in [9.17, 15) is 18.0 Å². The summed E-state index contributed by atoms with van der Waals surface area (Å²) in [5, 5.41) is 13.1. The van der Waals surface area contributed by atoms with Crippen molar-refractivity contribution in [1.29, 1.82) is 0 Å². The molecule has 11 heteroatoms. The maximum absolute atomic E-state index is 13.1. The number of aliphatic carboxylic acids is 1. The maximum atomic E-state index is 13.1. The zero-order valence-corrected chi connectivity index (χ0v) is 19.3. The number of ether oxygens (including phenoxy) is 3. The number of rotatable bonds is 12. The predicted molar refractivity (Wildman–Crippen MR) is 120 cm³/mol. The first kappa shape index (κ1) is 25.9. The van der Waals surface area contributed by atoms with Gasteiger partial charge in [0.05, 0.1) is 25.9 Å². The van der Waals surface area contributed by atoms with Crippen molar-refractivity contribution in [3.63, 3.8) is 0 Å². The summed E-state index contributed by atoms with van der Waals surface area (Å²) in [5.41, 5.74) is 0.730. The third-order valence-electron chi connectivity index (χ3n) is 5.04. The summed E-state index contributed by atoms with van der Waals surface area (Å²) in [5.74, 6) is 0.526. The van der Waals surface area contributed by atoms with E-state index in [2.05, 4.69) is 10.1 Å². The van der Waals surface area contributed by atoms with E-state index < -0.39 is 17.7 Å². The Morgan fingerprint density at radius 3 is 2.60 bits per heavy atom. The Hall–Kier alpha value is -3.76. The topological polar surface area (TPSA) is 95.7 Å². The fourth-order valence-corrected chi connectivity index (χ4v) is 3.34. The molecule has 0 aliphatic carbocycles. The first-order chi connectivity index (χ1) is 16.7. The highest BCUT2D eigenvalue weighted by atomic mass is 19.4. The molecule has 8 nitrogen and oxygen atoms in total. The number of carbonyl (C=O) groups is 1. The van der Waals surface area contributed by atoms with Crippen LogP contribution in [0.1, 0.15) is 36.5 Å². The van der Waals surface area contributed by atoms with E-state index in [1.807, 2.05) is 0 Å². The maximum Gasteiger partial charge on any atom is 0.416 e. The van der Waals surface area contributed by atoms with E-state index in [1.165, 1.54) is 11.8 Å². The Bertz CT molecular complexity index is 1150. The van der Waals surface area contributed by atoms with E-state index in [0.29, 0.717) is 55.4 Å². The molecule has 3 aromatic rings. The van der Waals surface area contributed by atoms with Gasteiger partial charge in [0, 0.05) is 24.4 Å². The molecule has 0 radical (unpaired) electrons. The van der Waals surface area contributed by atoms with E-state index in [0.717, 1.165) is 23.9 Å². The molecule has 35 heavy (non-hydrogen) atoms.